The fourth-order valence-corrected chi connectivity index (χ4v) is 8.61. The fraction of sp³-hybridized carbons (Fsp3) is 0.423. The maximum absolute atomic E-state index is 6.32. The summed E-state index contributed by atoms with van der Waals surface area (Å²) in [6.07, 6.45) is 4.81. The number of rotatable bonds is 11. The quantitative estimate of drug-likeness (QED) is 0.0862. The third kappa shape index (κ3) is 15.8. The number of methoxy groups -OCH3 is 2. The highest BCUT2D eigenvalue weighted by Crippen LogP contribution is 2.34. The number of nitrogens with zero attached hydrogens (tertiary/aromatic N) is 3. The van der Waals surface area contributed by atoms with E-state index in [4.69, 9.17) is 49.3 Å². The Labute approximate surface area is 401 Å². The lowest BCUT2D eigenvalue weighted by molar-refractivity contribution is 0.304. The van der Waals surface area contributed by atoms with Gasteiger partial charge in [-0.15, -0.1) is 0 Å². The second kappa shape index (κ2) is 23.3. The number of fused-ring (bicyclic) bond motifs is 2. The predicted molar refractivity (Wildman–Crippen MR) is 276 cm³/mol. The SMILES string of the molecule is CC(C)(C)NC1CCNCC1.COc1ccc2c(Cl)cc(NCc3ccc(Cl)cc3)nc2c1.COc1ccc2c(N3CCC(NC(C)(C)C)CC3)cc(NCc3ccc(Cl)cc3)nc2c1. The highest BCUT2D eigenvalue weighted by molar-refractivity contribution is 6.35. The Bertz CT molecular complexity index is 2420. The zero-order valence-corrected chi connectivity index (χ0v) is 41.5. The number of aromatic nitrogens is 2. The van der Waals surface area contributed by atoms with Crippen molar-refractivity contribution in [3.05, 3.63) is 123 Å². The summed E-state index contributed by atoms with van der Waals surface area (Å²) in [7, 11) is 3.32. The molecule has 0 aliphatic carbocycles. The molecule has 2 aromatic heterocycles. The van der Waals surface area contributed by atoms with Gasteiger partial charge in [0.05, 0.1) is 30.3 Å². The van der Waals surface area contributed by atoms with E-state index in [1.165, 1.54) is 31.6 Å². The Morgan fingerprint density at radius 1 is 0.585 bits per heavy atom. The maximum Gasteiger partial charge on any atom is 0.129 e. The van der Waals surface area contributed by atoms with Gasteiger partial charge in [-0.2, -0.15) is 0 Å². The predicted octanol–water partition coefficient (Wildman–Crippen LogP) is 12.2. The average Bonchev–Trinajstić information content (AvgIpc) is 3.28. The van der Waals surface area contributed by atoms with Crippen LogP contribution in [-0.2, 0) is 13.1 Å². The van der Waals surface area contributed by atoms with Crippen LogP contribution in [0.15, 0.2) is 97.1 Å². The van der Waals surface area contributed by atoms with Gasteiger partial charge in [0, 0.05) is 94.0 Å². The number of piperidine rings is 2. The first-order valence-corrected chi connectivity index (χ1v) is 23.8. The smallest absolute Gasteiger partial charge is 0.129 e. The minimum absolute atomic E-state index is 0.144. The van der Waals surface area contributed by atoms with E-state index in [1.54, 1.807) is 14.2 Å². The number of halogens is 3. The maximum atomic E-state index is 6.32. The second-order valence-corrected chi connectivity index (χ2v) is 20.1. The van der Waals surface area contributed by atoms with Crippen LogP contribution in [0.25, 0.3) is 21.8 Å². The zero-order chi connectivity index (χ0) is 46.6. The molecule has 2 aliphatic rings. The number of ether oxygens (including phenoxy) is 2. The highest BCUT2D eigenvalue weighted by atomic mass is 35.5. The molecule has 0 spiro atoms. The molecule has 348 valence electrons. The van der Waals surface area contributed by atoms with Gasteiger partial charge in [0.25, 0.3) is 0 Å². The molecule has 0 atom stereocenters. The fourth-order valence-electron chi connectivity index (χ4n) is 8.10. The number of nitrogens with one attached hydrogen (secondary N) is 5. The summed E-state index contributed by atoms with van der Waals surface area (Å²) < 4.78 is 10.7. The lowest BCUT2D eigenvalue weighted by Crippen LogP contribution is -2.49. The van der Waals surface area contributed by atoms with Gasteiger partial charge in [0.2, 0.25) is 0 Å². The molecule has 4 aromatic carbocycles. The molecule has 0 amide bonds. The topological polar surface area (TPSA) is 108 Å². The number of hydrogen-bond donors (Lipinski definition) is 5. The van der Waals surface area contributed by atoms with Crippen molar-refractivity contribution in [2.45, 2.75) is 103 Å². The van der Waals surface area contributed by atoms with Gasteiger partial charge < -0.3 is 41.0 Å². The standard InChI is InChI=1S/C26H33ClN4O.C17H14Cl2N2O.C9H20N2/c1-26(2,3)30-20-11-13-31(14-12-20)24-16-25(28-17-18-5-7-19(27)8-6-18)29-23-15-21(32-4)9-10-22(23)24;1-22-13-6-7-14-15(19)9-17(21-16(14)8-13)20-10-11-2-4-12(18)5-3-11;1-9(2,3)11-8-4-6-10-7-5-8/h5-10,15-16,20,30H,11-14,17H2,1-4H3,(H,28,29);2-9H,10H2,1H3,(H,20,21);8,10-11H,4-7H2,1-3H3. The summed E-state index contributed by atoms with van der Waals surface area (Å²) in [5.74, 6) is 3.16. The van der Waals surface area contributed by atoms with Gasteiger partial charge in [-0.25, -0.2) is 9.97 Å². The van der Waals surface area contributed by atoms with Crippen molar-refractivity contribution >= 4 is 73.9 Å². The van der Waals surface area contributed by atoms with Crippen LogP contribution in [0.2, 0.25) is 15.1 Å². The molecular formula is C52H67Cl3N8O2. The van der Waals surface area contributed by atoms with Gasteiger partial charge in [-0.05, 0) is 146 Å². The molecule has 0 bridgehead atoms. The van der Waals surface area contributed by atoms with Crippen LogP contribution in [-0.4, -0.2) is 73.5 Å². The van der Waals surface area contributed by atoms with E-state index in [0.717, 1.165) is 98.1 Å². The third-order valence-corrected chi connectivity index (χ3v) is 12.0. The molecule has 65 heavy (non-hydrogen) atoms. The molecule has 10 nitrogen and oxygen atoms in total. The lowest BCUT2D eigenvalue weighted by atomic mass is 9.99. The van der Waals surface area contributed by atoms with E-state index >= 15 is 0 Å². The summed E-state index contributed by atoms with van der Waals surface area (Å²) in [5, 5.41) is 21.7. The largest absolute Gasteiger partial charge is 0.497 e. The van der Waals surface area contributed by atoms with Crippen molar-refractivity contribution < 1.29 is 9.47 Å². The van der Waals surface area contributed by atoms with E-state index in [2.05, 4.69) is 90.1 Å². The van der Waals surface area contributed by atoms with Gasteiger partial charge in [-0.1, -0.05) is 59.1 Å². The van der Waals surface area contributed by atoms with Crippen molar-refractivity contribution in [1.29, 1.82) is 0 Å². The van der Waals surface area contributed by atoms with Crippen molar-refractivity contribution in [1.82, 2.24) is 25.9 Å². The Kier molecular flexibility index (Phi) is 17.8. The van der Waals surface area contributed by atoms with E-state index in [9.17, 15) is 0 Å². The molecule has 2 fully saturated rings. The molecule has 0 unspecified atom stereocenters. The summed E-state index contributed by atoms with van der Waals surface area (Å²) in [5.41, 5.74) is 5.67. The zero-order valence-electron chi connectivity index (χ0n) is 39.3. The Morgan fingerprint density at radius 2 is 1.03 bits per heavy atom. The molecule has 0 radical (unpaired) electrons. The molecule has 4 heterocycles. The van der Waals surface area contributed by atoms with Crippen LogP contribution < -0.4 is 41.0 Å². The van der Waals surface area contributed by atoms with Crippen LogP contribution in [0, 0.1) is 0 Å². The molecule has 2 aliphatic heterocycles. The number of pyridine rings is 2. The van der Waals surface area contributed by atoms with Crippen LogP contribution in [0.4, 0.5) is 17.3 Å². The lowest BCUT2D eigenvalue weighted by Gasteiger charge is -2.37. The van der Waals surface area contributed by atoms with E-state index < -0.39 is 0 Å². The highest BCUT2D eigenvalue weighted by Gasteiger charge is 2.25. The van der Waals surface area contributed by atoms with E-state index in [0.29, 0.717) is 24.2 Å². The summed E-state index contributed by atoms with van der Waals surface area (Å²) >= 11 is 18.2. The van der Waals surface area contributed by atoms with Crippen molar-refractivity contribution in [2.24, 2.45) is 0 Å². The first-order valence-electron chi connectivity index (χ1n) is 22.6. The molecule has 8 rings (SSSR count). The molecule has 6 aromatic rings. The summed E-state index contributed by atoms with van der Waals surface area (Å²) in [6.45, 7) is 19.1. The number of hydrogen-bond acceptors (Lipinski definition) is 10. The first-order chi connectivity index (χ1) is 31.0. The minimum Gasteiger partial charge on any atom is -0.497 e. The van der Waals surface area contributed by atoms with E-state index in [-0.39, 0.29) is 11.1 Å². The molecule has 13 heteroatoms. The molecule has 0 saturated carbocycles. The van der Waals surface area contributed by atoms with Crippen molar-refractivity contribution in [3.63, 3.8) is 0 Å². The molecule has 5 N–H and O–H groups in total. The van der Waals surface area contributed by atoms with Gasteiger partial charge >= 0.3 is 0 Å². The Morgan fingerprint density at radius 3 is 1.51 bits per heavy atom. The van der Waals surface area contributed by atoms with Crippen molar-refractivity contribution in [3.8, 4) is 11.5 Å². The van der Waals surface area contributed by atoms with Crippen LogP contribution in [0.5, 0.6) is 11.5 Å². The number of benzene rings is 4. The average molecular weight is 943 g/mol. The van der Waals surface area contributed by atoms with Crippen LogP contribution in [0.1, 0.15) is 78.4 Å². The monoisotopic (exact) mass is 940 g/mol. The van der Waals surface area contributed by atoms with E-state index in [1.807, 2.05) is 84.9 Å². The van der Waals surface area contributed by atoms with Crippen LogP contribution in [0.3, 0.4) is 0 Å². The first kappa shape index (κ1) is 49.9. The Hall–Kier alpha value is -4.55. The normalized spacial score (nSPS) is 14.8. The van der Waals surface area contributed by atoms with Gasteiger partial charge in [-0.3, -0.25) is 0 Å². The number of anilines is 3. The van der Waals surface area contributed by atoms with Gasteiger partial charge in [0.1, 0.15) is 23.1 Å². The van der Waals surface area contributed by atoms with Gasteiger partial charge in [0.15, 0.2) is 0 Å². The molecular weight excluding hydrogens is 875 g/mol. The van der Waals surface area contributed by atoms with Crippen molar-refractivity contribution in [2.75, 3.05) is 55.9 Å². The summed E-state index contributed by atoms with van der Waals surface area (Å²) in [6, 6.07) is 32.7. The second-order valence-electron chi connectivity index (χ2n) is 18.8. The summed E-state index contributed by atoms with van der Waals surface area (Å²) in [4.78, 5) is 11.9. The Balaban J connectivity index is 0.000000182. The minimum atomic E-state index is 0.144. The molecule has 2 saturated heterocycles. The van der Waals surface area contributed by atoms with Crippen LogP contribution >= 0.6 is 34.8 Å². The third-order valence-electron chi connectivity index (χ3n) is 11.2.